The quantitative estimate of drug-likeness (QED) is 0.821. The second kappa shape index (κ2) is 6.61. The Hall–Kier alpha value is -2.49. The summed E-state index contributed by atoms with van der Waals surface area (Å²) in [6.45, 7) is 2.32. The molecule has 0 aliphatic carbocycles. The van der Waals surface area contributed by atoms with Gasteiger partial charge in [0.2, 0.25) is 5.91 Å². The number of anilines is 1. The third kappa shape index (κ3) is 4.31. The number of ether oxygens (including phenoxy) is 1. The average molecular weight is 271 g/mol. The highest BCUT2D eigenvalue weighted by atomic mass is 16.5. The Morgan fingerprint density at radius 3 is 2.65 bits per heavy atom. The van der Waals surface area contributed by atoms with Gasteiger partial charge in [0.05, 0.1) is 13.0 Å². The van der Waals surface area contributed by atoms with Gasteiger partial charge < -0.3 is 15.2 Å². The molecule has 0 saturated heterocycles. The molecule has 2 N–H and O–H groups in total. The number of carbonyl (C=O) groups excluding carboxylic acids is 1. The van der Waals surface area contributed by atoms with E-state index in [-0.39, 0.29) is 18.1 Å². The van der Waals surface area contributed by atoms with Crippen molar-refractivity contribution in [3.05, 3.63) is 54.1 Å². The van der Waals surface area contributed by atoms with E-state index in [2.05, 4.69) is 5.32 Å². The lowest BCUT2D eigenvalue weighted by Crippen LogP contribution is -2.15. The van der Waals surface area contributed by atoms with Gasteiger partial charge in [0.1, 0.15) is 11.5 Å². The zero-order valence-corrected chi connectivity index (χ0v) is 11.3. The van der Waals surface area contributed by atoms with Gasteiger partial charge in [-0.15, -0.1) is 0 Å². The minimum absolute atomic E-state index is 0.122. The molecule has 0 spiro atoms. The number of amides is 1. The van der Waals surface area contributed by atoms with Gasteiger partial charge in [-0.3, -0.25) is 4.79 Å². The number of phenols is 1. The molecule has 4 heteroatoms. The van der Waals surface area contributed by atoms with Crippen molar-refractivity contribution in [3.8, 4) is 11.5 Å². The van der Waals surface area contributed by atoms with Crippen molar-refractivity contribution in [2.24, 2.45) is 0 Å². The van der Waals surface area contributed by atoms with E-state index in [4.69, 9.17) is 9.84 Å². The third-order valence-electron chi connectivity index (χ3n) is 2.74. The normalized spacial score (nSPS) is 10.1. The third-order valence-corrected chi connectivity index (χ3v) is 2.74. The molecule has 0 fully saturated rings. The van der Waals surface area contributed by atoms with Crippen molar-refractivity contribution >= 4 is 11.6 Å². The van der Waals surface area contributed by atoms with Crippen LogP contribution in [0.15, 0.2) is 48.5 Å². The lowest BCUT2D eigenvalue weighted by Gasteiger charge is -2.08. The maximum Gasteiger partial charge on any atom is 0.227 e. The van der Waals surface area contributed by atoms with E-state index in [1.807, 2.05) is 31.2 Å². The van der Waals surface area contributed by atoms with Crippen LogP contribution in [0.2, 0.25) is 0 Å². The molecule has 0 unspecified atom stereocenters. The van der Waals surface area contributed by atoms with Crippen molar-refractivity contribution < 1.29 is 14.6 Å². The van der Waals surface area contributed by atoms with Crippen LogP contribution in [-0.2, 0) is 4.79 Å². The maximum atomic E-state index is 11.7. The summed E-state index contributed by atoms with van der Waals surface area (Å²) in [6, 6.07) is 14.1. The van der Waals surface area contributed by atoms with Crippen LogP contribution in [0, 0.1) is 6.92 Å². The molecular weight excluding hydrogens is 254 g/mol. The van der Waals surface area contributed by atoms with E-state index >= 15 is 0 Å². The van der Waals surface area contributed by atoms with Gasteiger partial charge in [0.25, 0.3) is 0 Å². The van der Waals surface area contributed by atoms with Gasteiger partial charge in [0, 0.05) is 5.69 Å². The van der Waals surface area contributed by atoms with Crippen LogP contribution < -0.4 is 10.1 Å². The first kappa shape index (κ1) is 13.9. The van der Waals surface area contributed by atoms with Crippen LogP contribution >= 0.6 is 0 Å². The number of carbonyl (C=O) groups is 1. The molecule has 4 nitrogen and oxygen atoms in total. The average Bonchev–Trinajstić information content (AvgIpc) is 2.41. The SMILES string of the molecule is Cc1cccc(OCCC(=O)Nc2ccc(O)cc2)c1. The molecule has 2 aromatic rings. The Morgan fingerprint density at radius 1 is 1.20 bits per heavy atom. The summed E-state index contributed by atoms with van der Waals surface area (Å²) in [7, 11) is 0. The minimum Gasteiger partial charge on any atom is -0.508 e. The van der Waals surface area contributed by atoms with Crippen molar-refractivity contribution in [2.75, 3.05) is 11.9 Å². The van der Waals surface area contributed by atoms with Crippen LogP contribution in [0.5, 0.6) is 11.5 Å². The molecule has 0 radical (unpaired) electrons. The topological polar surface area (TPSA) is 58.6 Å². The maximum absolute atomic E-state index is 11.7. The summed E-state index contributed by atoms with van der Waals surface area (Å²) < 4.78 is 5.51. The first-order valence-electron chi connectivity index (χ1n) is 6.42. The van der Waals surface area contributed by atoms with Crippen molar-refractivity contribution in [2.45, 2.75) is 13.3 Å². The number of aryl methyl sites for hydroxylation is 1. The predicted octanol–water partition coefficient (Wildman–Crippen LogP) is 3.11. The standard InChI is InChI=1S/C16H17NO3/c1-12-3-2-4-15(11-12)20-10-9-16(19)17-13-5-7-14(18)8-6-13/h2-8,11,18H,9-10H2,1H3,(H,17,19). The molecule has 2 aromatic carbocycles. The molecule has 0 aromatic heterocycles. The molecule has 2 rings (SSSR count). The highest BCUT2D eigenvalue weighted by molar-refractivity contribution is 5.90. The largest absolute Gasteiger partial charge is 0.508 e. The number of hydrogen-bond acceptors (Lipinski definition) is 3. The molecule has 0 heterocycles. The first-order chi connectivity index (χ1) is 9.63. The van der Waals surface area contributed by atoms with Gasteiger partial charge in [-0.25, -0.2) is 0 Å². The molecule has 104 valence electrons. The van der Waals surface area contributed by atoms with Gasteiger partial charge in [-0.2, -0.15) is 0 Å². The number of nitrogens with one attached hydrogen (secondary N) is 1. The molecule has 0 bridgehead atoms. The van der Waals surface area contributed by atoms with E-state index in [1.165, 1.54) is 12.1 Å². The second-order valence-corrected chi connectivity index (χ2v) is 4.51. The fourth-order valence-electron chi connectivity index (χ4n) is 1.73. The fraction of sp³-hybridized carbons (Fsp3) is 0.188. The summed E-state index contributed by atoms with van der Waals surface area (Å²) in [6.07, 6.45) is 0.273. The molecule has 1 amide bonds. The Kier molecular flexibility index (Phi) is 4.60. The number of benzene rings is 2. The molecule has 20 heavy (non-hydrogen) atoms. The van der Waals surface area contributed by atoms with Gasteiger partial charge >= 0.3 is 0 Å². The molecule has 0 saturated carbocycles. The Labute approximate surface area is 118 Å². The number of phenolic OH excluding ortho intramolecular Hbond substituents is 1. The van der Waals surface area contributed by atoms with Gasteiger partial charge in [-0.05, 0) is 48.9 Å². The summed E-state index contributed by atoms with van der Waals surface area (Å²) in [5.74, 6) is 0.816. The molecular formula is C16H17NO3. The van der Waals surface area contributed by atoms with E-state index in [0.29, 0.717) is 12.3 Å². The summed E-state index contributed by atoms with van der Waals surface area (Å²) in [4.78, 5) is 11.7. The zero-order valence-electron chi connectivity index (χ0n) is 11.3. The molecule has 0 atom stereocenters. The van der Waals surface area contributed by atoms with Crippen LogP contribution in [0.3, 0.4) is 0 Å². The molecule has 0 aliphatic rings. The van der Waals surface area contributed by atoms with Crippen LogP contribution in [0.25, 0.3) is 0 Å². The van der Waals surface area contributed by atoms with Crippen LogP contribution in [0.1, 0.15) is 12.0 Å². The number of aromatic hydroxyl groups is 1. The predicted molar refractivity (Wildman–Crippen MR) is 78.0 cm³/mol. The summed E-state index contributed by atoms with van der Waals surface area (Å²) in [5, 5.41) is 11.9. The van der Waals surface area contributed by atoms with E-state index in [9.17, 15) is 4.79 Å². The minimum atomic E-state index is -0.122. The van der Waals surface area contributed by atoms with Gasteiger partial charge in [-0.1, -0.05) is 12.1 Å². The lowest BCUT2D eigenvalue weighted by atomic mass is 10.2. The van der Waals surface area contributed by atoms with E-state index < -0.39 is 0 Å². The van der Waals surface area contributed by atoms with Crippen molar-refractivity contribution in [1.29, 1.82) is 0 Å². The Bertz CT molecular complexity index is 579. The number of rotatable bonds is 5. The second-order valence-electron chi connectivity index (χ2n) is 4.51. The van der Waals surface area contributed by atoms with Crippen molar-refractivity contribution in [1.82, 2.24) is 0 Å². The number of hydrogen-bond donors (Lipinski definition) is 2. The van der Waals surface area contributed by atoms with Crippen LogP contribution in [-0.4, -0.2) is 17.6 Å². The monoisotopic (exact) mass is 271 g/mol. The fourth-order valence-corrected chi connectivity index (χ4v) is 1.73. The van der Waals surface area contributed by atoms with Gasteiger partial charge in [0.15, 0.2) is 0 Å². The summed E-state index contributed by atoms with van der Waals surface area (Å²) in [5.41, 5.74) is 1.78. The van der Waals surface area contributed by atoms with E-state index in [0.717, 1.165) is 11.3 Å². The smallest absolute Gasteiger partial charge is 0.227 e. The highest BCUT2D eigenvalue weighted by Gasteiger charge is 2.03. The first-order valence-corrected chi connectivity index (χ1v) is 6.42. The van der Waals surface area contributed by atoms with Crippen LogP contribution in [0.4, 0.5) is 5.69 Å². The highest BCUT2D eigenvalue weighted by Crippen LogP contribution is 2.14. The Morgan fingerprint density at radius 2 is 1.95 bits per heavy atom. The van der Waals surface area contributed by atoms with Crippen molar-refractivity contribution in [3.63, 3.8) is 0 Å². The Balaban J connectivity index is 1.76. The zero-order chi connectivity index (χ0) is 14.4. The summed E-state index contributed by atoms with van der Waals surface area (Å²) >= 11 is 0. The molecule has 0 aliphatic heterocycles. The van der Waals surface area contributed by atoms with E-state index in [1.54, 1.807) is 12.1 Å². The lowest BCUT2D eigenvalue weighted by molar-refractivity contribution is -0.116.